The van der Waals surface area contributed by atoms with Gasteiger partial charge in [0.1, 0.15) is 0 Å². The van der Waals surface area contributed by atoms with E-state index in [4.69, 9.17) is 10.2 Å². The van der Waals surface area contributed by atoms with E-state index < -0.39 is 0 Å². The lowest BCUT2D eigenvalue weighted by Gasteiger charge is -2.20. The molecule has 2 N–H and O–H groups in total. The van der Waals surface area contributed by atoms with E-state index in [0.29, 0.717) is 0 Å². The van der Waals surface area contributed by atoms with Crippen molar-refractivity contribution < 1.29 is 10.2 Å². The molecular weight excluding hydrogens is 192 g/mol. The first-order chi connectivity index (χ1) is 7.36. The van der Waals surface area contributed by atoms with Crippen LogP contribution < -0.4 is 0 Å². The molecule has 15 heavy (non-hydrogen) atoms. The standard InChI is InChI=1S/C11H22N2O2/c14-9-3-1-5-12-7-8-13(11-12)6-2-4-10-15/h7-8,14-15H,1-6,9-11H2. The molecule has 0 amide bonds. The molecule has 0 aromatic heterocycles. The van der Waals surface area contributed by atoms with Gasteiger partial charge in [-0.2, -0.15) is 0 Å². The third-order valence-corrected chi connectivity index (χ3v) is 2.56. The molecule has 0 saturated carbocycles. The van der Waals surface area contributed by atoms with Gasteiger partial charge in [0.2, 0.25) is 0 Å². The molecule has 0 bridgehead atoms. The quantitative estimate of drug-likeness (QED) is 0.580. The molecule has 0 atom stereocenters. The second-order valence-corrected chi connectivity index (χ2v) is 3.93. The van der Waals surface area contributed by atoms with Crippen LogP contribution in [0.2, 0.25) is 0 Å². The highest BCUT2D eigenvalue weighted by Gasteiger charge is 2.10. The summed E-state index contributed by atoms with van der Waals surface area (Å²) in [6.07, 6.45) is 8.08. The molecule has 0 saturated heterocycles. The summed E-state index contributed by atoms with van der Waals surface area (Å²) in [6.45, 7) is 3.58. The normalized spacial score (nSPS) is 15.3. The predicted octanol–water partition coefficient (Wildman–Crippen LogP) is 0.578. The first-order valence-electron chi connectivity index (χ1n) is 5.75. The average Bonchev–Trinajstić information content (AvgIpc) is 2.67. The van der Waals surface area contributed by atoms with Crippen LogP contribution in [0.25, 0.3) is 0 Å². The second kappa shape index (κ2) is 7.54. The maximum Gasteiger partial charge on any atom is 0.0893 e. The molecule has 4 nitrogen and oxygen atoms in total. The van der Waals surface area contributed by atoms with Gasteiger partial charge in [-0.25, -0.2) is 0 Å². The molecule has 0 radical (unpaired) electrons. The lowest BCUT2D eigenvalue weighted by atomic mass is 10.3. The van der Waals surface area contributed by atoms with Gasteiger partial charge in [-0.3, -0.25) is 0 Å². The molecule has 4 heteroatoms. The first kappa shape index (κ1) is 12.3. The fourth-order valence-electron chi connectivity index (χ4n) is 1.66. The lowest BCUT2D eigenvalue weighted by molar-refractivity contribution is 0.232. The smallest absolute Gasteiger partial charge is 0.0893 e. The summed E-state index contributed by atoms with van der Waals surface area (Å²) in [6, 6.07) is 0. The minimum Gasteiger partial charge on any atom is -0.396 e. The van der Waals surface area contributed by atoms with Crippen LogP contribution >= 0.6 is 0 Å². The number of aliphatic hydroxyl groups excluding tert-OH is 2. The Morgan fingerprint density at radius 2 is 1.27 bits per heavy atom. The largest absolute Gasteiger partial charge is 0.396 e. The fourth-order valence-corrected chi connectivity index (χ4v) is 1.66. The zero-order chi connectivity index (χ0) is 10.9. The number of unbranched alkanes of at least 4 members (excludes halogenated alkanes) is 2. The van der Waals surface area contributed by atoms with Crippen LogP contribution in [-0.2, 0) is 0 Å². The Morgan fingerprint density at radius 3 is 1.67 bits per heavy atom. The third-order valence-electron chi connectivity index (χ3n) is 2.56. The molecule has 0 spiro atoms. The van der Waals surface area contributed by atoms with Crippen LogP contribution in [0.5, 0.6) is 0 Å². The Bertz CT molecular complexity index is 167. The highest BCUT2D eigenvalue weighted by atomic mass is 16.3. The van der Waals surface area contributed by atoms with Gasteiger partial charge in [0.15, 0.2) is 0 Å². The minimum absolute atomic E-state index is 0.289. The molecule has 1 aliphatic heterocycles. The van der Waals surface area contributed by atoms with Crippen LogP contribution in [0.1, 0.15) is 25.7 Å². The molecule has 0 aliphatic carbocycles. The van der Waals surface area contributed by atoms with Crippen LogP contribution in [0.3, 0.4) is 0 Å². The molecule has 1 heterocycles. The summed E-state index contributed by atoms with van der Waals surface area (Å²) < 4.78 is 0. The lowest BCUT2D eigenvalue weighted by Crippen LogP contribution is -2.26. The van der Waals surface area contributed by atoms with Crippen molar-refractivity contribution in [1.82, 2.24) is 9.80 Å². The van der Waals surface area contributed by atoms with E-state index >= 15 is 0 Å². The van der Waals surface area contributed by atoms with Crippen molar-refractivity contribution >= 4 is 0 Å². The molecule has 0 unspecified atom stereocenters. The zero-order valence-corrected chi connectivity index (χ0v) is 9.31. The minimum atomic E-state index is 0.289. The summed E-state index contributed by atoms with van der Waals surface area (Å²) in [7, 11) is 0. The second-order valence-electron chi connectivity index (χ2n) is 3.93. The molecule has 88 valence electrons. The Balaban J connectivity index is 2.03. The van der Waals surface area contributed by atoms with Crippen molar-refractivity contribution in [2.45, 2.75) is 25.7 Å². The maximum absolute atomic E-state index is 8.66. The van der Waals surface area contributed by atoms with Gasteiger partial charge in [-0.05, 0) is 25.7 Å². The van der Waals surface area contributed by atoms with E-state index in [-0.39, 0.29) is 13.2 Å². The summed E-state index contributed by atoms with van der Waals surface area (Å²) in [5.41, 5.74) is 0. The van der Waals surface area contributed by atoms with Gasteiger partial charge >= 0.3 is 0 Å². The number of rotatable bonds is 8. The van der Waals surface area contributed by atoms with E-state index in [2.05, 4.69) is 22.2 Å². The van der Waals surface area contributed by atoms with E-state index in [0.717, 1.165) is 45.4 Å². The average molecular weight is 214 g/mol. The van der Waals surface area contributed by atoms with Gasteiger partial charge in [0.05, 0.1) is 6.67 Å². The van der Waals surface area contributed by atoms with Crippen LogP contribution in [-0.4, -0.2) is 53.0 Å². The first-order valence-corrected chi connectivity index (χ1v) is 5.75. The summed E-state index contributed by atoms with van der Waals surface area (Å²) in [5.74, 6) is 0. The van der Waals surface area contributed by atoms with E-state index in [1.807, 2.05) is 0 Å². The van der Waals surface area contributed by atoms with Crippen molar-refractivity contribution in [3.8, 4) is 0 Å². The van der Waals surface area contributed by atoms with Gasteiger partial charge in [0.25, 0.3) is 0 Å². The van der Waals surface area contributed by atoms with Crippen molar-refractivity contribution in [2.75, 3.05) is 33.0 Å². The van der Waals surface area contributed by atoms with Crippen LogP contribution in [0.4, 0.5) is 0 Å². The highest BCUT2D eigenvalue weighted by molar-refractivity contribution is 4.90. The molecular formula is C11H22N2O2. The molecule has 1 rings (SSSR count). The highest BCUT2D eigenvalue weighted by Crippen LogP contribution is 2.08. The topological polar surface area (TPSA) is 46.9 Å². The monoisotopic (exact) mass is 214 g/mol. The van der Waals surface area contributed by atoms with Gasteiger partial charge in [0, 0.05) is 38.7 Å². The zero-order valence-electron chi connectivity index (χ0n) is 9.31. The maximum atomic E-state index is 8.66. The Kier molecular flexibility index (Phi) is 6.20. The number of nitrogens with zero attached hydrogens (tertiary/aromatic N) is 2. The Morgan fingerprint density at radius 1 is 0.800 bits per heavy atom. The van der Waals surface area contributed by atoms with Crippen molar-refractivity contribution in [3.63, 3.8) is 0 Å². The van der Waals surface area contributed by atoms with E-state index in [1.54, 1.807) is 0 Å². The van der Waals surface area contributed by atoms with Crippen LogP contribution in [0, 0.1) is 0 Å². The van der Waals surface area contributed by atoms with Gasteiger partial charge in [-0.1, -0.05) is 0 Å². The van der Waals surface area contributed by atoms with Crippen LogP contribution in [0.15, 0.2) is 12.4 Å². The van der Waals surface area contributed by atoms with Crippen molar-refractivity contribution in [2.24, 2.45) is 0 Å². The van der Waals surface area contributed by atoms with Gasteiger partial charge in [-0.15, -0.1) is 0 Å². The SMILES string of the molecule is OCCCCN1C=CN(CCCCO)C1. The summed E-state index contributed by atoms with van der Waals surface area (Å²) in [5, 5.41) is 17.3. The van der Waals surface area contributed by atoms with E-state index in [9.17, 15) is 0 Å². The molecule has 0 aromatic rings. The molecule has 1 aliphatic rings. The predicted molar refractivity (Wildman–Crippen MR) is 60.1 cm³/mol. The summed E-state index contributed by atoms with van der Waals surface area (Å²) in [4.78, 5) is 4.52. The number of aliphatic hydroxyl groups is 2. The Hall–Kier alpha value is -0.740. The van der Waals surface area contributed by atoms with Crippen molar-refractivity contribution in [1.29, 1.82) is 0 Å². The fraction of sp³-hybridized carbons (Fsp3) is 0.818. The summed E-state index contributed by atoms with van der Waals surface area (Å²) >= 11 is 0. The molecule has 0 fully saturated rings. The Labute approximate surface area is 91.8 Å². The number of hydrogen-bond acceptors (Lipinski definition) is 4. The van der Waals surface area contributed by atoms with Crippen molar-refractivity contribution in [3.05, 3.63) is 12.4 Å². The molecule has 0 aromatic carbocycles. The van der Waals surface area contributed by atoms with Gasteiger partial charge < -0.3 is 20.0 Å². The van der Waals surface area contributed by atoms with E-state index in [1.165, 1.54) is 0 Å². The third kappa shape index (κ3) is 5.04. The number of hydrogen-bond donors (Lipinski definition) is 2.